The van der Waals surface area contributed by atoms with Crippen LogP contribution < -0.4 is 26.8 Å². The summed E-state index contributed by atoms with van der Waals surface area (Å²) < 4.78 is 10.9. The van der Waals surface area contributed by atoms with E-state index in [9.17, 15) is 24.9 Å². The van der Waals surface area contributed by atoms with E-state index in [4.69, 9.17) is 20.9 Å². The van der Waals surface area contributed by atoms with Crippen LogP contribution in [0.1, 0.15) is 12.5 Å². The van der Waals surface area contributed by atoms with Crippen LogP contribution in [0.5, 0.6) is 5.75 Å². The Kier molecular flexibility index (Phi) is 8.81. The van der Waals surface area contributed by atoms with Crippen LogP contribution in [0.3, 0.4) is 0 Å². The minimum absolute atomic E-state index is 0.109. The van der Waals surface area contributed by atoms with Crippen molar-refractivity contribution in [1.82, 2.24) is 10.6 Å². The highest BCUT2D eigenvalue weighted by Gasteiger charge is 2.43. The van der Waals surface area contributed by atoms with E-state index in [1.807, 2.05) is 0 Å². The first-order valence-corrected chi connectivity index (χ1v) is 9.79. The molecular weight excluding hydrogens is 422 g/mol. The van der Waals surface area contributed by atoms with E-state index >= 15 is 0 Å². The van der Waals surface area contributed by atoms with Gasteiger partial charge in [0.05, 0.1) is 25.8 Å². The average Bonchev–Trinajstić information content (AvgIpc) is 2.76. The van der Waals surface area contributed by atoms with Crippen molar-refractivity contribution in [2.75, 3.05) is 13.7 Å². The van der Waals surface area contributed by atoms with Crippen molar-refractivity contribution >= 4 is 17.8 Å². The topological polar surface area (TPSA) is 202 Å². The molecule has 0 aliphatic carbocycles. The summed E-state index contributed by atoms with van der Waals surface area (Å²) in [6, 6.07) is 5.07. The third kappa shape index (κ3) is 6.33. The Morgan fingerprint density at radius 2 is 1.97 bits per heavy atom. The zero-order chi connectivity index (χ0) is 23.8. The van der Waals surface area contributed by atoms with Crippen molar-refractivity contribution in [3.8, 4) is 5.75 Å². The normalized spacial score (nSPS) is 21.9. The van der Waals surface area contributed by atoms with Gasteiger partial charge in [-0.1, -0.05) is 18.2 Å². The quantitative estimate of drug-likeness (QED) is 0.156. The van der Waals surface area contributed by atoms with Crippen LogP contribution in [-0.4, -0.2) is 77.2 Å². The molecule has 1 aromatic rings. The Hall–Kier alpha value is -3.35. The summed E-state index contributed by atoms with van der Waals surface area (Å²) in [7, 11) is 1.51. The highest BCUT2D eigenvalue weighted by molar-refractivity contribution is 5.92. The number of ether oxygens (including phenoxy) is 2. The molecule has 0 saturated carbocycles. The van der Waals surface area contributed by atoms with Gasteiger partial charge in [-0.05, 0) is 12.1 Å². The van der Waals surface area contributed by atoms with Gasteiger partial charge in [0.25, 0.3) is 5.91 Å². The SMILES string of the molecule is COc1ccccc1CNC(=O)C1=C[C@H](N=C(N)N)[C@@H](NC(C)=O)[C@H]([C@H](O)[C@H](O)CO)O1. The van der Waals surface area contributed by atoms with Crippen molar-refractivity contribution in [3.05, 3.63) is 41.7 Å². The van der Waals surface area contributed by atoms with Gasteiger partial charge in [-0.3, -0.25) is 9.59 Å². The van der Waals surface area contributed by atoms with Gasteiger partial charge in [0, 0.05) is 19.0 Å². The first-order chi connectivity index (χ1) is 15.2. The van der Waals surface area contributed by atoms with E-state index in [0.717, 1.165) is 0 Å². The second kappa shape index (κ2) is 11.3. The predicted octanol–water partition coefficient (Wildman–Crippen LogP) is -2.55. The number of hydrogen-bond acceptors (Lipinski definition) is 8. The number of nitrogens with two attached hydrogens (primary N) is 2. The number of aliphatic hydroxyl groups excluding tert-OH is 3. The monoisotopic (exact) mass is 451 g/mol. The van der Waals surface area contributed by atoms with E-state index in [0.29, 0.717) is 11.3 Å². The third-order valence-electron chi connectivity index (χ3n) is 4.75. The van der Waals surface area contributed by atoms with Crippen molar-refractivity contribution in [1.29, 1.82) is 0 Å². The molecule has 2 rings (SSSR count). The average molecular weight is 451 g/mol. The summed E-state index contributed by atoms with van der Waals surface area (Å²) in [4.78, 5) is 28.5. The van der Waals surface area contributed by atoms with Crippen LogP contribution in [0.4, 0.5) is 0 Å². The number of aliphatic imine (C=N–C) groups is 1. The fourth-order valence-electron chi connectivity index (χ4n) is 3.25. The molecule has 2 amide bonds. The lowest BCUT2D eigenvalue weighted by Gasteiger charge is -2.39. The maximum absolute atomic E-state index is 12.8. The molecule has 0 spiro atoms. The Bertz CT molecular complexity index is 872. The van der Waals surface area contributed by atoms with Gasteiger partial charge < -0.3 is 46.9 Å². The third-order valence-corrected chi connectivity index (χ3v) is 4.75. The zero-order valence-corrected chi connectivity index (χ0v) is 17.8. The molecular formula is C20H29N5O7. The maximum Gasteiger partial charge on any atom is 0.286 e. The molecule has 9 N–H and O–H groups in total. The second-order valence-corrected chi connectivity index (χ2v) is 7.12. The number of nitrogens with one attached hydrogen (secondary N) is 2. The number of guanidine groups is 1. The number of para-hydroxylation sites is 1. The molecule has 0 radical (unpaired) electrons. The number of rotatable bonds is 9. The highest BCUT2D eigenvalue weighted by atomic mass is 16.5. The number of hydrogen-bond donors (Lipinski definition) is 7. The van der Waals surface area contributed by atoms with Gasteiger partial charge in [0.1, 0.15) is 24.1 Å². The zero-order valence-electron chi connectivity index (χ0n) is 17.8. The summed E-state index contributed by atoms with van der Waals surface area (Å²) in [5, 5.41) is 34.8. The number of aliphatic hydroxyl groups is 3. The summed E-state index contributed by atoms with van der Waals surface area (Å²) in [6.07, 6.45) is -3.32. The van der Waals surface area contributed by atoms with E-state index < -0.39 is 48.8 Å². The predicted molar refractivity (Wildman–Crippen MR) is 114 cm³/mol. The molecule has 1 aliphatic heterocycles. The second-order valence-electron chi connectivity index (χ2n) is 7.12. The van der Waals surface area contributed by atoms with Crippen LogP contribution in [0.25, 0.3) is 0 Å². The molecule has 32 heavy (non-hydrogen) atoms. The molecule has 1 heterocycles. The van der Waals surface area contributed by atoms with Crippen molar-refractivity contribution in [3.63, 3.8) is 0 Å². The van der Waals surface area contributed by atoms with Crippen LogP contribution >= 0.6 is 0 Å². The molecule has 0 aromatic heterocycles. The highest BCUT2D eigenvalue weighted by Crippen LogP contribution is 2.25. The first-order valence-electron chi connectivity index (χ1n) is 9.79. The summed E-state index contributed by atoms with van der Waals surface area (Å²) in [5.41, 5.74) is 11.7. The summed E-state index contributed by atoms with van der Waals surface area (Å²) in [5.74, 6) is -1.11. The number of nitrogens with zero attached hydrogens (tertiary/aromatic N) is 1. The number of amides is 2. The van der Waals surface area contributed by atoms with E-state index in [1.165, 1.54) is 20.1 Å². The minimum Gasteiger partial charge on any atom is -0.496 e. The van der Waals surface area contributed by atoms with Crippen LogP contribution in [0, 0.1) is 0 Å². The van der Waals surface area contributed by atoms with Gasteiger partial charge in [0.15, 0.2) is 11.7 Å². The van der Waals surface area contributed by atoms with E-state index in [1.54, 1.807) is 24.3 Å². The first kappa shape index (κ1) is 24.9. The van der Waals surface area contributed by atoms with Crippen molar-refractivity contribution < 1.29 is 34.4 Å². The van der Waals surface area contributed by atoms with Crippen LogP contribution in [0.15, 0.2) is 41.1 Å². The molecule has 0 saturated heterocycles. The van der Waals surface area contributed by atoms with E-state index in [-0.39, 0.29) is 18.3 Å². The molecule has 0 bridgehead atoms. The standard InChI is InChI=1S/C20H29N5O7/c1-10(27)24-16-12(25-20(21)22)7-15(32-18(16)17(29)13(28)9-26)19(30)23-8-11-5-3-4-6-14(11)31-2/h3-7,12-13,16-18,26,28-29H,8-9H2,1-2H3,(H,23,30)(H,24,27)(H4,21,22,25)/t12-,13+,16+,17+,18+/m0/s1. The van der Waals surface area contributed by atoms with E-state index in [2.05, 4.69) is 15.6 Å². The largest absolute Gasteiger partial charge is 0.496 e. The van der Waals surface area contributed by atoms with Gasteiger partial charge in [0.2, 0.25) is 5.91 Å². The van der Waals surface area contributed by atoms with Gasteiger partial charge >= 0.3 is 0 Å². The number of methoxy groups -OCH3 is 1. The molecule has 176 valence electrons. The van der Waals surface area contributed by atoms with Gasteiger partial charge in [-0.25, -0.2) is 4.99 Å². The number of carbonyl (C=O) groups excluding carboxylic acids is 2. The van der Waals surface area contributed by atoms with Crippen LogP contribution in [-0.2, 0) is 20.9 Å². The Labute approximate surface area is 184 Å². The summed E-state index contributed by atoms with van der Waals surface area (Å²) >= 11 is 0. The molecule has 1 aliphatic rings. The maximum atomic E-state index is 12.8. The molecule has 12 heteroatoms. The molecule has 12 nitrogen and oxygen atoms in total. The Balaban J connectivity index is 2.33. The molecule has 5 atom stereocenters. The fourth-order valence-corrected chi connectivity index (χ4v) is 3.25. The molecule has 0 unspecified atom stereocenters. The van der Waals surface area contributed by atoms with Gasteiger partial charge in [-0.2, -0.15) is 0 Å². The molecule has 1 aromatic carbocycles. The number of benzene rings is 1. The lowest BCUT2D eigenvalue weighted by molar-refractivity contribution is -0.134. The smallest absolute Gasteiger partial charge is 0.286 e. The number of carbonyl (C=O) groups is 2. The Morgan fingerprint density at radius 3 is 2.56 bits per heavy atom. The van der Waals surface area contributed by atoms with Crippen molar-refractivity contribution in [2.24, 2.45) is 16.5 Å². The lowest BCUT2D eigenvalue weighted by atomic mass is 9.92. The summed E-state index contributed by atoms with van der Waals surface area (Å²) in [6.45, 7) is 0.565. The fraction of sp³-hybridized carbons (Fsp3) is 0.450. The Morgan fingerprint density at radius 1 is 1.28 bits per heavy atom. The lowest BCUT2D eigenvalue weighted by Crippen LogP contribution is -2.60. The van der Waals surface area contributed by atoms with Crippen LogP contribution in [0.2, 0.25) is 0 Å². The van der Waals surface area contributed by atoms with Gasteiger partial charge in [-0.15, -0.1) is 0 Å². The van der Waals surface area contributed by atoms with Crippen molar-refractivity contribution in [2.45, 2.75) is 43.9 Å². The molecule has 0 fully saturated rings. The minimum atomic E-state index is -1.67.